The molecular weight excluding hydrogens is 452 g/mol. The number of benzene rings is 2. The zero-order chi connectivity index (χ0) is 23.7. The minimum atomic E-state index is -4.04. The summed E-state index contributed by atoms with van der Waals surface area (Å²) >= 11 is 0. The first-order valence-corrected chi connectivity index (χ1v) is 12.1. The Balaban J connectivity index is 1.55. The van der Waals surface area contributed by atoms with Crippen LogP contribution in [0, 0.1) is 6.57 Å². The Bertz CT molecular complexity index is 1540. The first-order valence-electron chi connectivity index (χ1n) is 10.6. The van der Waals surface area contributed by atoms with Gasteiger partial charge in [0, 0.05) is 17.8 Å². The maximum absolute atomic E-state index is 13.1. The van der Waals surface area contributed by atoms with E-state index in [1.54, 1.807) is 25.4 Å². The average Bonchev–Trinajstić information content (AvgIpc) is 3.54. The highest BCUT2D eigenvalue weighted by Gasteiger charge is 2.26. The lowest BCUT2D eigenvalue weighted by molar-refractivity contribution is 0.398. The fourth-order valence-electron chi connectivity index (χ4n) is 4.15. The molecule has 0 amide bonds. The number of fused-ring (bicyclic) bond motifs is 1. The third-order valence-corrected chi connectivity index (χ3v) is 7.39. The van der Waals surface area contributed by atoms with E-state index < -0.39 is 9.84 Å². The maximum Gasteiger partial charge on any atom is 0.248 e. The van der Waals surface area contributed by atoms with Gasteiger partial charge in [-0.05, 0) is 42.0 Å². The van der Waals surface area contributed by atoms with E-state index >= 15 is 0 Å². The van der Waals surface area contributed by atoms with Crippen molar-refractivity contribution in [3.63, 3.8) is 0 Å². The van der Waals surface area contributed by atoms with E-state index in [9.17, 15) is 8.42 Å². The molecule has 0 unspecified atom stereocenters. The maximum atomic E-state index is 13.1. The van der Waals surface area contributed by atoms with Crippen molar-refractivity contribution < 1.29 is 13.2 Å². The highest BCUT2D eigenvalue weighted by atomic mass is 32.2. The van der Waals surface area contributed by atoms with E-state index in [4.69, 9.17) is 11.3 Å². The average molecular weight is 473 g/mol. The zero-order valence-corrected chi connectivity index (χ0v) is 19.1. The predicted molar refractivity (Wildman–Crippen MR) is 126 cm³/mol. The summed E-state index contributed by atoms with van der Waals surface area (Å²) in [5.41, 5.74) is 5.06. The summed E-state index contributed by atoms with van der Waals surface area (Å²) in [4.78, 5) is 11.6. The van der Waals surface area contributed by atoms with Crippen LogP contribution in [0.5, 0.6) is 5.88 Å². The van der Waals surface area contributed by atoms with E-state index in [1.807, 2.05) is 18.2 Å². The number of nitrogens with one attached hydrogen (secondary N) is 2. The van der Waals surface area contributed by atoms with Crippen LogP contribution in [0.25, 0.3) is 16.0 Å². The monoisotopic (exact) mass is 472 g/mol. The van der Waals surface area contributed by atoms with Crippen LogP contribution in [0.1, 0.15) is 17.5 Å². The summed E-state index contributed by atoms with van der Waals surface area (Å²) in [7, 11) is -2.48. The highest BCUT2D eigenvalue weighted by molar-refractivity contribution is 7.91. The number of para-hydroxylation sites is 1. The van der Waals surface area contributed by atoms with Gasteiger partial charge in [-0.15, -0.1) is 5.10 Å². The van der Waals surface area contributed by atoms with Crippen molar-refractivity contribution in [3.8, 4) is 17.0 Å². The fraction of sp³-hybridized carbons (Fsp3) is 0.167. The summed E-state index contributed by atoms with van der Waals surface area (Å²) < 4.78 is 31.5. The lowest BCUT2D eigenvalue weighted by atomic mass is 9.98. The Labute approximate surface area is 196 Å². The van der Waals surface area contributed by atoms with Crippen LogP contribution in [-0.4, -0.2) is 35.7 Å². The SMILES string of the molecule is [C-]#[N+]c1ccccc1S(=O)(=O)c1nc(Nc2c(-c3ccnc(OC)c3)ccc3c2CCC3)n[nH]1. The number of ether oxygens (including phenoxy) is 1. The molecule has 1 aliphatic carbocycles. The Kier molecular flexibility index (Phi) is 5.47. The minimum absolute atomic E-state index is 0.0307. The number of rotatable bonds is 6. The number of sulfone groups is 1. The van der Waals surface area contributed by atoms with Crippen molar-refractivity contribution in [1.29, 1.82) is 0 Å². The van der Waals surface area contributed by atoms with E-state index in [-0.39, 0.29) is 21.7 Å². The van der Waals surface area contributed by atoms with E-state index in [0.717, 1.165) is 41.6 Å². The summed E-state index contributed by atoms with van der Waals surface area (Å²) in [6.45, 7) is 7.27. The second kappa shape index (κ2) is 8.61. The largest absolute Gasteiger partial charge is 0.481 e. The molecule has 0 saturated carbocycles. The molecule has 5 rings (SSSR count). The van der Waals surface area contributed by atoms with Gasteiger partial charge >= 0.3 is 0 Å². The summed E-state index contributed by atoms with van der Waals surface area (Å²) in [5.74, 6) is 0.620. The predicted octanol–water partition coefficient (Wildman–Crippen LogP) is 4.49. The molecule has 0 spiro atoms. The van der Waals surface area contributed by atoms with Gasteiger partial charge in [0.2, 0.25) is 32.5 Å². The van der Waals surface area contributed by atoms with Crippen LogP contribution in [0.3, 0.4) is 0 Å². The van der Waals surface area contributed by atoms with Gasteiger partial charge in [-0.3, -0.25) is 0 Å². The number of aromatic amines is 1. The molecular formula is C24H20N6O3S. The topological polar surface area (TPSA) is 114 Å². The first kappa shape index (κ1) is 21.6. The number of aromatic nitrogens is 4. The molecule has 0 bridgehead atoms. The molecule has 2 aromatic carbocycles. The molecule has 10 heteroatoms. The van der Waals surface area contributed by atoms with Crippen molar-refractivity contribution in [2.45, 2.75) is 29.3 Å². The number of anilines is 2. The van der Waals surface area contributed by atoms with Crippen LogP contribution in [0.2, 0.25) is 0 Å². The molecule has 1 aliphatic rings. The zero-order valence-electron chi connectivity index (χ0n) is 18.2. The number of hydrogen-bond acceptors (Lipinski definition) is 7. The highest BCUT2D eigenvalue weighted by Crippen LogP contribution is 2.39. The molecule has 0 saturated heterocycles. The molecule has 0 atom stereocenters. The Morgan fingerprint density at radius 2 is 2.00 bits per heavy atom. The van der Waals surface area contributed by atoms with Gasteiger partial charge in [0.15, 0.2) is 0 Å². The van der Waals surface area contributed by atoms with Gasteiger partial charge in [0.25, 0.3) is 0 Å². The molecule has 2 heterocycles. The minimum Gasteiger partial charge on any atom is -0.481 e. The van der Waals surface area contributed by atoms with Gasteiger partial charge in [0.1, 0.15) is 0 Å². The lowest BCUT2D eigenvalue weighted by Gasteiger charge is -2.15. The smallest absolute Gasteiger partial charge is 0.248 e. The molecule has 0 fully saturated rings. The number of methoxy groups -OCH3 is 1. The third-order valence-electron chi connectivity index (χ3n) is 5.77. The van der Waals surface area contributed by atoms with E-state index in [1.165, 1.54) is 17.7 Å². The summed E-state index contributed by atoms with van der Waals surface area (Å²) in [6, 6.07) is 13.9. The second-order valence-corrected chi connectivity index (χ2v) is 9.57. The van der Waals surface area contributed by atoms with Crippen molar-refractivity contribution >= 4 is 27.2 Å². The molecule has 0 aliphatic heterocycles. The molecule has 0 radical (unpaired) electrons. The Morgan fingerprint density at radius 1 is 1.15 bits per heavy atom. The molecule has 2 aromatic heterocycles. The molecule has 9 nitrogen and oxygen atoms in total. The van der Waals surface area contributed by atoms with Crippen molar-refractivity contribution in [3.05, 3.63) is 77.3 Å². The van der Waals surface area contributed by atoms with Crippen LogP contribution in [0.4, 0.5) is 17.3 Å². The summed E-state index contributed by atoms with van der Waals surface area (Å²) in [5, 5.41) is 9.54. The van der Waals surface area contributed by atoms with Crippen LogP contribution in [0.15, 0.2) is 64.8 Å². The Hall–Kier alpha value is -4.23. The quantitative estimate of drug-likeness (QED) is 0.397. The van der Waals surface area contributed by atoms with Crippen molar-refractivity contribution in [1.82, 2.24) is 20.2 Å². The van der Waals surface area contributed by atoms with Gasteiger partial charge in [-0.1, -0.05) is 36.4 Å². The number of H-pyrrole nitrogens is 1. The van der Waals surface area contributed by atoms with Crippen LogP contribution in [-0.2, 0) is 22.7 Å². The standard InChI is InChI=1S/C24H20N6O3S/c1-25-19-8-3-4-9-20(19)34(31,32)24-28-23(29-30-24)27-22-17-7-5-6-15(17)10-11-18(22)16-12-13-26-21(14-16)33-2/h3-4,8-14H,5-7H2,2H3,(H2,27,28,29,30). The van der Waals surface area contributed by atoms with Crippen molar-refractivity contribution in [2.75, 3.05) is 12.4 Å². The molecule has 4 aromatic rings. The van der Waals surface area contributed by atoms with Crippen LogP contribution < -0.4 is 10.1 Å². The van der Waals surface area contributed by atoms with Crippen molar-refractivity contribution in [2.24, 2.45) is 0 Å². The molecule has 34 heavy (non-hydrogen) atoms. The fourth-order valence-corrected chi connectivity index (χ4v) is 5.38. The molecule has 170 valence electrons. The molecule has 2 N–H and O–H groups in total. The van der Waals surface area contributed by atoms with Gasteiger partial charge in [-0.25, -0.2) is 23.3 Å². The first-order chi connectivity index (χ1) is 16.5. The van der Waals surface area contributed by atoms with Gasteiger partial charge in [0.05, 0.1) is 24.3 Å². The Morgan fingerprint density at radius 3 is 2.82 bits per heavy atom. The number of nitrogens with zero attached hydrogens (tertiary/aromatic N) is 4. The van der Waals surface area contributed by atoms with Crippen LogP contribution >= 0.6 is 0 Å². The van der Waals surface area contributed by atoms with Gasteiger partial charge < -0.3 is 10.1 Å². The summed E-state index contributed by atoms with van der Waals surface area (Å²) in [6.07, 6.45) is 4.58. The van der Waals surface area contributed by atoms with E-state index in [0.29, 0.717) is 5.88 Å². The van der Waals surface area contributed by atoms with E-state index in [2.05, 4.69) is 36.4 Å². The van der Waals surface area contributed by atoms with Gasteiger partial charge in [-0.2, -0.15) is 4.98 Å². The number of hydrogen-bond donors (Lipinski definition) is 2. The lowest BCUT2D eigenvalue weighted by Crippen LogP contribution is -2.05. The number of aryl methyl sites for hydroxylation is 1. The number of pyridine rings is 1. The second-order valence-electron chi connectivity index (χ2n) is 7.74. The third kappa shape index (κ3) is 3.76. The normalized spacial score (nSPS) is 12.7.